The summed E-state index contributed by atoms with van der Waals surface area (Å²) in [7, 11) is 1.31. The van der Waals surface area contributed by atoms with Crippen molar-refractivity contribution < 1.29 is 23.8 Å². The number of aromatic nitrogens is 3. The molecule has 3 fully saturated rings. The standard InChI is InChI=1S/C31H32ClFN8O4S/c1-18(42)31(6-7-31)17-39-9-5-24(37-39)41-15-20-14-38(10-11-40(20)30(41)44)16-23-25(29(43)45-2)26(21-4-3-19(33)13-22(21)32)36-27(35-23)28-34-8-12-46-28/h3-5,8-9,12-13,20,26,42H,1,6-7,10-11,14-17H2,2H3,(H,35,36)/t20-,26-/m0/s1. The number of thiazole rings is 1. The van der Waals surface area contributed by atoms with Crippen molar-refractivity contribution in [3.8, 4) is 0 Å². The number of halogens is 2. The Balaban J connectivity index is 1.13. The number of aliphatic imine (C=N–C) groups is 1. The number of piperazine rings is 1. The van der Waals surface area contributed by atoms with Gasteiger partial charge < -0.3 is 20.1 Å². The second-order valence-corrected chi connectivity index (χ2v) is 13.3. The first-order valence-corrected chi connectivity index (χ1v) is 16.1. The number of rotatable bonds is 9. The second-order valence-electron chi connectivity index (χ2n) is 12.0. The van der Waals surface area contributed by atoms with Crippen LogP contribution in [-0.4, -0.2) is 93.4 Å². The summed E-state index contributed by atoms with van der Waals surface area (Å²) in [5.41, 5.74) is 0.984. The lowest BCUT2D eigenvalue weighted by Crippen LogP contribution is -2.53. The maximum atomic E-state index is 14.0. The quantitative estimate of drug-likeness (QED) is 0.258. The molecule has 2 amide bonds. The third-order valence-corrected chi connectivity index (χ3v) is 10.2. The number of esters is 1. The van der Waals surface area contributed by atoms with Gasteiger partial charge in [0.15, 0.2) is 16.7 Å². The number of carbonyl (C=O) groups excluding carboxylic acids is 2. The molecule has 0 unspecified atom stereocenters. The maximum absolute atomic E-state index is 14.0. The Morgan fingerprint density at radius 3 is 2.80 bits per heavy atom. The maximum Gasteiger partial charge on any atom is 0.338 e. The van der Waals surface area contributed by atoms with E-state index in [4.69, 9.17) is 21.3 Å². The minimum absolute atomic E-state index is 0.0985. The summed E-state index contributed by atoms with van der Waals surface area (Å²) < 4.78 is 21.0. The molecule has 46 heavy (non-hydrogen) atoms. The molecular weight excluding hydrogens is 635 g/mol. The number of hydrogen-bond acceptors (Lipinski definition) is 10. The molecule has 240 valence electrons. The summed E-state index contributed by atoms with van der Waals surface area (Å²) in [6.07, 6.45) is 5.23. The molecule has 7 rings (SSSR count). The number of fused-ring (bicyclic) bond motifs is 1. The lowest BCUT2D eigenvalue weighted by Gasteiger charge is -2.38. The van der Waals surface area contributed by atoms with Crippen LogP contribution in [0, 0.1) is 11.2 Å². The van der Waals surface area contributed by atoms with Gasteiger partial charge in [-0.05, 0) is 25.0 Å². The highest BCUT2D eigenvalue weighted by atomic mass is 35.5. The molecule has 2 saturated heterocycles. The molecule has 0 spiro atoms. The zero-order valence-corrected chi connectivity index (χ0v) is 26.6. The number of anilines is 1. The van der Waals surface area contributed by atoms with E-state index in [2.05, 4.69) is 26.9 Å². The van der Waals surface area contributed by atoms with E-state index < -0.39 is 17.8 Å². The Bertz CT molecular complexity index is 1770. The van der Waals surface area contributed by atoms with Crippen molar-refractivity contribution in [2.75, 3.05) is 44.7 Å². The Morgan fingerprint density at radius 2 is 2.11 bits per heavy atom. The van der Waals surface area contributed by atoms with E-state index >= 15 is 0 Å². The minimum Gasteiger partial charge on any atom is -0.512 e. The van der Waals surface area contributed by atoms with Crippen LogP contribution in [0.5, 0.6) is 0 Å². The molecule has 2 N–H and O–H groups in total. The number of aliphatic hydroxyl groups excluding tert-OH is 1. The Kier molecular flexibility index (Phi) is 7.81. The summed E-state index contributed by atoms with van der Waals surface area (Å²) in [6.45, 7) is 6.65. The molecular formula is C31H32ClFN8O4S. The highest BCUT2D eigenvalue weighted by Gasteiger charge is 2.47. The van der Waals surface area contributed by atoms with Gasteiger partial charge in [-0.15, -0.1) is 11.3 Å². The lowest BCUT2D eigenvalue weighted by molar-refractivity contribution is -0.136. The van der Waals surface area contributed by atoms with E-state index in [0.717, 1.165) is 12.8 Å². The molecule has 2 aromatic heterocycles. The number of nitrogens with zero attached hydrogens (tertiary/aromatic N) is 7. The SMILES string of the molecule is C=C(O)C1(Cn2ccc(N3C[C@@H]4CN(CC5=C(C(=O)OC)[C@H](c6ccc(F)cc6Cl)N=C(c6nccs6)N5)CCN4C3=O)n2)CC1. The number of methoxy groups -OCH3 is 1. The Labute approximate surface area is 273 Å². The molecule has 4 aliphatic rings. The number of carbonyl (C=O) groups is 2. The van der Waals surface area contributed by atoms with Gasteiger partial charge >= 0.3 is 12.0 Å². The van der Waals surface area contributed by atoms with Crippen LogP contribution < -0.4 is 10.2 Å². The lowest BCUT2D eigenvalue weighted by atomic mass is 9.95. The number of urea groups is 1. The van der Waals surface area contributed by atoms with E-state index in [1.54, 1.807) is 15.8 Å². The molecule has 2 atom stereocenters. The van der Waals surface area contributed by atoms with Crippen LogP contribution >= 0.6 is 22.9 Å². The van der Waals surface area contributed by atoms with Gasteiger partial charge in [0.1, 0.15) is 11.9 Å². The highest BCUT2D eigenvalue weighted by Crippen LogP contribution is 2.51. The van der Waals surface area contributed by atoms with Crippen molar-refractivity contribution in [3.63, 3.8) is 0 Å². The first-order valence-electron chi connectivity index (χ1n) is 14.9. The molecule has 1 saturated carbocycles. The molecule has 1 aromatic carbocycles. The van der Waals surface area contributed by atoms with Crippen LogP contribution in [0.25, 0.3) is 0 Å². The predicted molar refractivity (Wildman–Crippen MR) is 170 cm³/mol. The fourth-order valence-electron chi connectivity index (χ4n) is 6.38. The van der Waals surface area contributed by atoms with Crippen LogP contribution in [0.1, 0.15) is 29.5 Å². The van der Waals surface area contributed by atoms with Crippen molar-refractivity contribution >= 4 is 46.6 Å². The normalized spacial score (nSPS) is 22.4. The molecule has 12 nitrogen and oxygen atoms in total. The van der Waals surface area contributed by atoms with Crippen molar-refractivity contribution in [1.82, 2.24) is 29.9 Å². The van der Waals surface area contributed by atoms with E-state index in [0.29, 0.717) is 67.2 Å². The monoisotopic (exact) mass is 666 g/mol. The van der Waals surface area contributed by atoms with E-state index in [9.17, 15) is 19.1 Å². The van der Waals surface area contributed by atoms with E-state index in [-0.39, 0.29) is 33.8 Å². The number of nitrogens with one attached hydrogen (secondary N) is 1. The van der Waals surface area contributed by atoms with Crippen LogP contribution in [0.4, 0.5) is 15.0 Å². The van der Waals surface area contributed by atoms with E-state index in [1.165, 1.54) is 36.6 Å². The highest BCUT2D eigenvalue weighted by molar-refractivity contribution is 7.11. The van der Waals surface area contributed by atoms with Crippen LogP contribution in [0.2, 0.25) is 5.02 Å². The fourth-order valence-corrected chi connectivity index (χ4v) is 7.24. The third-order valence-electron chi connectivity index (χ3n) is 9.08. The summed E-state index contributed by atoms with van der Waals surface area (Å²) in [6, 6.07) is 4.79. The Morgan fingerprint density at radius 1 is 1.28 bits per heavy atom. The average molecular weight is 667 g/mol. The summed E-state index contributed by atoms with van der Waals surface area (Å²) in [5, 5.41) is 20.6. The van der Waals surface area contributed by atoms with Crippen molar-refractivity contribution in [3.05, 3.63) is 87.1 Å². The van der Waals surface area contributed by atoms with Crippen LogP contribution in [0.3, 0.4) is 0 Å². The zero-order valence-electron chi connectivity index (χ0n) is 25.0. The van der Waals surface area contributed by atoms with Gasteiger partial charge in [0.25, 0.3) is 0 Å². The Hall–Kier alpha value is -4.27. The van der Waals surface area contributed by atoms with Crippen LogP contribution in [0.15, 0.2) is 70.6 Å². The third kappa shape index (κ3) is 5.54. The number of aliphatic hydroxyl groups is 1. The molecule has 0 bridgehead atoms. The van der Waals surface area contributed by atoms with Crippen molar-refractivity contribution in [2.24, 2.45) is 10.4 Å². The number of amides is 2. The van der Waals surface area contributed by atoms with Gasteiger partial charge in [-0.2, -0.15) is 5.10 Å². The van der Waals surface area contributed by atoms with E-state index in [1.807, 2.05) is 22.5 Å². The number of benzene rings is 1. The minimum atomic E-state index is -0.853. The second kappa shape index (κ2) is 11.8. The zero-order chi connectivity index (χ0) is 32.2. The van der Waals surface area contributed by atoms with Gasteiger partial charge in [-0.25, -0.2) is 19.0 Å². The molecule has 3 aliphatic heterocycles. The summed E-state index contributed by atoms with van der Waals surface area (Å²) in [4.78, 5) is 41.7. The molecule has 0 radical (unpaired) electrons. The van der Waals surface area contributed by atoms with Crippen molar-refractivity contribution in [2.45, 2.75) is 31.5 Å². The number of allylic oxidation sites excluding steroid dienone is 1. The smallest absolute Gasteiger partial charge is 0.338 e. The van der Waals surface area contributed by atoms with Gasteiger partial charge in [0.05, 0.1) is 37.6 Å². The number of ether oxygens (including phenoxy) is 1. The largest absolute Gasteiger partial charge is 0.512 e. The first-order chi connectivity index (χ1) is 22.2. The number of hydrogen-bond donors (Lipinski definition) is 2. The summed E-state index contributed by atoms with van der Waals surface area (Å²) >= 11 is 7.88. The molecule has 1 aliphatic carbocycles. The van der Waals surface area contributed by atoms with Crippen molar-refractivity contribution in [1.29, 1.82) is 0 Å². The molecule has 3 aromatic rings. The van der Waals surface area contributed by atoms with Crippen LogP contribution in [-0.2, 0) is 16.1 Å². The predicted octanol–water partition coefficient (Wildman–Crippen LogP) is 4.13. The molecule has 15 heteroatoms. The fraction of sp³-hybridized carbons (Fsp3) is 0.387. The van der Waals surface area contributed by atoms with Gasteiger partial charge in [-0.1, -0.05) is 24.2 Å². The first kappa shape index (κ1) is 30.4. The number of amidine groups is 1. The van der Waals surface area contributed by atoms with Gasteiger partial charge in [0, 0.05) is 71.7 Å². The summed E-state index contributed by atoms with van der Waals surface area (Å²) in [5.74, 6) is 0.136. The van der Waals surface area contributed by atoms with Gasteiger partial charge in [-0.3, -0.25) is 19.5 Å². The molecule has 5 heterocycles. The van der Waals surface area contributed by atoms with Gasteiger partial charge in [0.2, 0.25) is 0 Å². The average Bonchev–Trinajstić information content (AvgIpc) is 3.35. The topological polar surface area (TPSA) is 128 Å².